The zero-order chi connectivity index (χ0) is 15.5. The molecule has 0 radical (unpaired) electrons. The number of aryl methyl sites for hydroxylation is 2. The fraction of sp³-hybridized carbons (Fsp3) is 0.278. The molecule has 4 nitrogen and oxygen atoms in total. The number of para-hydroxylation sites is 2. The fourth-order valence-electron chi connectivity index (χ4n) is 2.44. The second-order valence-corrected chi connectivity index (χ2v) is 5.56. The van der Waals surface area contributed by atoms with E-state index in [4.69, 9.17) is 9.15 Å². The Morgan fingerprint density at radius 3 is 2.55 bits per heavy atom. The third kappa shape index (κ3) is 3.22. The molecule has 0 saturated carbocycles. The van der Waals surface area contributed by atoms with Crippen LogP contribution in [0.5, 0.6) is 5.75 Å². The predicted octanol–water partition coefficient (Wildman–Crippen LogP) is 3.96. The zero-order valence-electron chi connectivity index (χ0n) is 13.2. The van der Waals surface area contributed by atoms with E-state index in [-0.39, 0.29) is 0 Å². The van der Waals surface area contributed by atoms with E-state index in [1.807, 2.05) is 48.3 Å². The number of hydrogen-bond acceptors (Lipinski definition) is 4. The van der Waals surface area contributed by atoms with Crippen LogP contribution in [0.2, 0.25) is 0 Å². The summed E-state index contributed by atoms with van der Waals surface area (Å²) in [7, 11) is 1.95. The minimum Gasteiger partial charge on any atom is -0.492 e. The summed E-state index contributed by atoms with van der Waals surface area (Å²) >= 11 is 0. The molecule has 0 bridgehead atoms. The maximum absolute atomic E-state index is 5.82. The van der Waals surface area contributed by atoms with Crippen LogP contribution >= 0.6 is 0 Å². The average molecular weight is 296 g/mol. The lowest BCUT2D eigenvalue weighted by molar-refractivity contribution is 0.323. The molecule has 1 aromatic heterocycles. The molecule has 0 unspecified atom stereocenters. The number of oxazole rings is 1. The van der Waals surface area contributed by atoms with Gasteiger partial charge in [-0.05, 0) is 49.2 Å². The second-order valence-electron chi connectivity index (χ2n) is 5.56. The van der Waals surface area contributed by atoms with Crippen LogP contribution in [0.25, 0.3) is 11.1 Å². The highest BCUT2D eigenvalue weighted by Crippen LogP contribution is 2.21. The maximum Gasteiger partial charge on any atom is 0.298 e. The van der Waals surface area contributed by atoms with Gasteiger partial charge in [-0.3, -0.25) is 0 Å². The maximum atomic E-state index is 5.82. The first-order chi connectivity index (χ1) is 10.6. The quantitative estimate of drug-likeness (QED) is 0.714. The van der Waals surface area contributed by atoms with Crippen LogP contribution in [0.15, 0.2) is 46.9 Å². The Balaban J connectivity index is 1.61. The molecular weight excluding hydrogens is 276 g/mol. The number of likely N-dealkylation sites (N-methyl/N-ethyl adjacent to an activating group) is 1. The molecule has 0 amide bonds. The van der Waals surface area contributed by atoms with Crippen molar-refractivity contribution in [1.82, 2.24) is 4.98 Å². The molecule has 114 valence electrons. The van der Waals surface area contributed by atoms with Crippen molar-refractivity contribution in [3.63, 3.8) is 0 Å². The summed E-state index contributed by atoms with van der Waals surface area (Å²) in [5.41, 5.74) is 4.10. The van der Waals surface area contributed by atoms with Crippen LogP contribution in [0, 0.1) is 13.8 Å². The minimum atomic E-state index is 0.581. The summed E-state index contributed by atoms with van der Waals surface area (Å²) in [6.45, 7) is 5.44. The van der Waals surface area contributed by atoms with Gasteiger partial charge in [0.1, 0.15) is 17.9 Å². The first-order valence-corrected chi connectivity index (χ1v) is 7.39. The predicted molar refractivity (Wildman–Crippen MR) is 88.7 cm³/mol. The van der Waals surface area contributed by atoms with Gasteiger partial charge in [-0.2, -0.15) is 4.98 Å². The van der Waals surface area contributed by atoms with Gasteiger partial charge in [-0.25, -0.2) is 0 Å². The van der Waals surface area contributed by atoms with Gasteiger partial charge >= 0.3 is 0 Å². The van der Waals surface area contributed by atoms with E-state index in [9.17, 15) is 0 Å². The molecule has 4 heteroatoms. The highest BCUT2D eigenvalue weighted by molar-refractivity contribution is 5.74. The molecule has 1 heterocycles. The molecular formula is C18H20N2O2. The molecule has 0 aliphatic carbocycles. The van der Waals surface area contributed by atoms with Crippen LogP contribution in [0.1, 0.15) is 11.1 Å². The molecule has 2 aromatic carbocycles. The van der Waals surface area contributed by atoms with Gasteiger partial charge in [0.25, 0.3) is 6.01 Å². The van der Waals surface area contributed by atoms with Crippen LogP contribution < -0.4 is 9.64 Å². The number of ether oxygens (including phenoxy) is 1. The van der Waals surface area contributed by atoms with Crippen LogP contribution in [-0.2, 0) is 0 Å². The molecule has 0 fully saturated rings. The Kier molecular flexibility index (Phi) is 4.00. The molecule has 0 N–H and O–H groups in total. The van der Waals surface area contributed by atoms with E-state index in [0.29, 0.717) is 19.2 Å². The molecule has 0 aliphatic rings. The SMILES string of the molecule is Cc1cc(C)cc(OCCN(C)c2nc3ccccc3o2)c1. The highest BCUT2D eigenvalue weighted by atomic mass is 16.5. The number of anilines is 1. The highest BCUT2D eigenvalue weighted by Gasteiger charge is 2.09. The Bertz CT molecular complexity index is 726. The van der Waals surface area contributed by atoms with Gasteiger partial charge in [0.05, 0.1) is 6.54 Å². The number of hydrogen-bond donors (Lipinski definition) is 0. The van der Waals surface area contributed by atoms with E-state index in [0.717, 1.165) is 16.8 Å². The van der Waals surface area contributed by atoms with Crippen molar-refractivity contribution >= 4 is 17.1 Å². The van der Waals surface area contributed by atoms with Crippen LogP contribution in [-0.4, -0.2) is 25.2 Å². The molecule has 0 spiro atoms. The summed E-state index contributed by atoms with van der Waals surface area (Å²) < 4.78 is 11.6. The van der Waals surface area contributed by atoms with Crippen molar-refractivity contribution in [1.29, 1.82) is 0 Å². The van der Waals surface area contributed by atoms with Crippen molar-refractivity contribution in [3.8, 4) is 5.75 Å². The standard InChI is InChI=1S/C18H20N2O2/c1-13-10-14(2)12-15(11-13)21-9-8-20(3)18-19-16-6-4-5-7-17(16)22-18/h4-7,10-12H,8-9H2,1-3H3. The number of nitrogens with zero attached hydrogens (tertiary/aromatic N) is 2. The van der Waals surface area contributed by atoms with Crippen molar-refractivity contribution in [2.24, 2.45) is 0 Å². The van der Waals surface area contributed by atoms with Crippen molar-refractivity contribution in [3.05, 3.63) is 53.6 Å². The first-order valence-electron chi connectivity index (χ1n) is 7.39. The smallest absolute Gasteiger partial charge is 0.298 e. The minimum absolute atomic E-state index is 0.581. The lowest BCUT2D eigenvalue weighted by atomic mass is 10.1. The first kappa shape index (κ1) is 14.4. The third-order valence-corrected chi connectivity index (χ3v) is 3.50. The van der Waals surface area contributed by atoms with Crippen LogP contribution in [0.4, 0.5) is 6.01 Å². The number of rotatable bonds is 5. The molecule has 0 saturated heterocycles. The van der Waals surface area contributed by atoms with Gasteiger partial charge < -0.3 is 14.1 Å². The normalized spacial score (nSPS) is 10.9. The lowest BCUT2D eigenvalue weighted by Crippen LogP contribution is -2.24. The van der Waals surface area contributed by atoms with Gasteiger partial charge in [0.15, 0.2) is 5.58 Å². The monoisotopic (exact) mass is 296 g/mol. The molecule has 3 aromatic rings. The van der Waals surface area contributed by atoms with Crippen molar-refractivity contribution in [2.45, 2.75) is 13.8 Å². The number of aromatic nitrogens is 1. The number of benzene rings is 2. The summed E-state index contributed by atoms with van der Waals surface area (Å²) in [6.07, 6.45) is 0. The average Bonchev–Trinajstić information content (AvgIpc) is 2.90. The van der Waals surface area contributed by atoms with E-state index in [1.54, 1.807) is 0 Å². The molecule has 0 aliphatic heterocycles. The van der Waals surface area contributed by atoms with Gasteiger partial charge in [0.2, 0.25) is 0 Å². The summed E-state index contributed by atoms with van der Waals surface area (Å²) in [4.78, 5) is 6.43. The fourth-order valence-corrected chi connectivity index (χ4v) is 2.44. The Labute approximate surface area is 130 Å². The van der Waals surface area contributed by atoms with E-state index in [2.05, 4.69) is 24.9 Å². The Morgan fingerprint density at radius 2 is 1.82 bits per heavy atom. The second kappa shape index (κ2) is 6.10. The summed E-state index contributed by atoms with van der Waals surface area (Å²) in [5, 5.41) is 0. The van der Waals surface area contributed by atoms with Crippen LogP contribution in [0.3, 0.4) is 0 Å². The van der Waals surface area contributed by atoms with Gasteiger partial charge in [0, 0.05) is 7.05 Å². The van der Waals surface area contributed by atoms with Crippen molar-refractivity contribution < 1.29 is 9.15 Å². The largest absolute Gasteiger partial charge is 0.492 e. The zero-order valence-corrected chi connectivity index (χ0v) is 13.2. The topological polar surface area (TPSA) is 38.5 Å². The summed E-state index contributed by atoms with van der Waals surface area (Å²) in [5.74, 6) is 0.906. The number of fused-ring (bicyclic) bond motifs is 1. The van der Waals surface area contributed by atoms with E-state index in [1.165, 1.54) is 11.1 Å². The lowest BCUT2D eigenvalue weighted by Gasteiger charge is -2.15. The van der Waals surface area contributed by atoms with Gasteiger partial charge in [-0.15, -0.1) is 0 Å². The third-order valence-electron chi connectivity index (χ3n) is 3.50. The molecule has 0 atom stereocenters. The van der Waals surface area contributed by atoms with E-state index >= 15 is 0 Å². The summed E-state index contributed by atoms with van der Waals surface area (Å²) in [6, 6.07) is 14.6. The molecule has 22 heavy (non-hydrogen) atoms. The Hall–Kier alpha value is -2.49. The van der Waals surface area contributed by atoms with E-state index < -0.39 is 0 Å². The Morgan fingerprint density at radius 1 is 1.09 bits per heavy atom. The molecule has 3 rings (SSSR count). The van der Waals surface area contributed by atoms with Gasteiger partial charge in [-0.1, -0.05) is 18.2 Å². The van der Waals surface area contributed by atoms with Crippen molar-refractivity contribution in [2.75, 3.05) is 25.1 Å².